The van der Waals surface area contributed by atoms with Gasteiger partial charge in [0.25, 0.3) is 0 Å². The van der Waals surface area contributed by atoms with Gasteiger partial charge in [-0.05, 0) is 37.7 Å². The maximum atomic E-state index is 11.3. The fourth-order valence-electron chi connectivity index (χ4n) is 3.64. The summed E-state index contributed by atoms with van der Waals surface area (Å²) in [7, 11) is 0. The molecule has 3 aliphatic rings. The highest BCUT2D eigenvalue weighted by molar-refractivity contribution is 5.74. The summed E-state index contributed by atoms with van der Waals surface area (Å²) >= 11 is 0. The van der Waals surface area contributed by atoms with E-state index in [9.17, 15) is 9.90 Å². The van der Waals surface area contributed by atoms with Crippen molar-refractivity contribution in [1.29, 1.82) is 0 Å². The third-order valence-corrected chi connectivity index (χ3v) is 4.47. The molecule has 1 atom stereocenters. The lowest BCUT2D eigenvalue weighted by Gasteiger charge is -2.41. The lowest BCUT2D eigenvalue weighted by Crippen LogP contribution is -2.39. The van der Waals surface area contributed by atoms with Crippen molar-refractivity contribution in [3.8, 4) is 0 Å². The smallest absolute Gasteiger partial charge is 0.307 e. The minimum Gasteiger partial charge on any atom is -0.481 e. The summed E-state index contributed by atoms with van der Waals surface area (Å²) in [4.78, 5) is 11.3. The van der Waals surface area contributed by atoms with E-state index in [-0.39, 0.29) is 11.3 Å². The molecule has 3 saturated carbocycles. The third kappa shape index (κ3) is 1.16. The summed E-state index contributed by atoms with van der Waals surface area (Å²) in [5.41, 5.74) is 2.43. The molecule has 4 rings (SSSR count). The van der Waals surface area contributed by atoms with Gasteiger partial charge in [-0.2, -0.15) is 0 Å². The molecule has 3 fully saturated rings. The van der Waals surface area contributed by atoms with Crippen LogP contribution < -0.4 is 0 Å². The standard InChI is InChI=1S/C14H16O2/c1-9-2-4-11(5-3-9)14-7-10(8-14)6-12(14)13(15)16/h2-5,10,12H,6-8H2,1H3,(H,15,16). The molecule has 3 aliphatic carbocycles. The quantitative estimate of drug-likeness (QED) is 0.825. The molecule has 2 bridgehead atoms. The van der Waals surface area contributed by atoms with Gasteiger partial charge in [0.2, 0.25) is 0 Å². The van der Waals surface area contributed by atoms with Crippen LogP contribution in [0.4, 0.5) is 0 Å². The molecule has 0 heterocycles. The van der Waals surface area contributed by atoms with Gasteiger partial charge in [-0.15, -0.1) is 0 Å². The van der Waals surface area contributed by atoms with Crippen molar-refractivity contribution in [2.45, 2.75) is 31.6 Å². The summed E-state index contributed by atoms with van der Waals surface area (Å²) in [5, 5.41) is 9.29. The van der Waals surface area contributed by atoms with E-state index in [2.05, 4.69) is 31.2 Å². The van der Waals surface area contributed by atoms with Crippen LogP contribution in [0.1, 0.15) is 30.4 Å². The first-order valence-corrected chi connectivity index (χ1v) is 5.92. The number of carboxylic acid groups (broad SMARTS) is 1. The predicted octanol–water partition coefficient (Wildman–Crippen LogP) is 2.75. The van der Waals surface area contributed by atoms with Gasteiger partial charge < -0.3 is 5.11 Å². The Morgan fingerprint density at radius 1 is 1.31 bits per heavy atom. The van der Waals surface area contributed by atoms with Gasteiger partial charge >= 0.3 is 5.97 Å². The molecule has 2 nitrogen and oxygen atoms in total. The normalized spacial score (nSPS) is 35.8. The second-order valence-corrected chi connectivity index (χ2v) is 5.42. The van der Waals surface area contributed by atoms with E-state index in [0.717, 1.165) is 19.3 Å². The van der Waals surface area contributed by atoms with E-state index in [4.69, 9.17) is 0 Å². The predicted molar refractivity (Wildman–Crippen MR) is 61.3 cm³/mol. The Hall–Kier alpha value is -1.31. The zero-order valence-electron chi connectivity index (χ0n) is 9.44. The molecule has 1 unspecified atom stereocenters. The zero-order valence-corrected chi connectivity index (χ0v) is 9.44. The number of carboxylic acids is 1. The van der Waals surface area contributed by atoms with Crippen molar-refractivity contribution in [1.82, 2.24) is 0 Å². The molecule has 1 aromatic rings. The van der Waals surface area contributed by atoms with Crippen LogP contribution in [0, 0.1) is 18.8 Å². The van der Waals surface area contributed by atoms with Crippen molar-refractivity contribution in [3.63, 3.8) is 0 Å². The average molecular weight is 216 g/mol. The Morgan fingerprint density at radius 2 is 1.94 bits per heavy atom. The van der Waals surface area contributed by atoms with Gasteiger partial charge in [0.15, 0.2) is 0 Å². The fourth-order valence-corrected chi connectivity index (χ4v) is 3.64. The number of benzene rings is 1. The number of carbonyl (C=O) groups is 1. The first-order chi connectivity index (χ1) is 7.62. The highest BCUT2D eigenvalue weighted by Gasteiger charge is 2.60. The molecule has 16 heavy (non-hydrogen) atoms. The summed E-state index contributed by atoms with van der Waals surface area (Å²) < 4.78 is 0. The van der Waals surface area contributed by atoms with Gasteiger partial charge in [-0.1, -0.05) is 29.8 Å². The molecule has 2 heteroatoms. The minimum absolute atomic E-state index is 0.0375. The molecule has 0 amide bonds. The summed E-state index contributed by atoms with van der Waals surface area (Å²) in [6, 6.07) is 8.42. The fraction of sp³-hybridized carbons (Fsp3) is 0.500. The van der Waals surface area contributed by atoms with Crippen LogP contribution in [0.2, 0.25) is 0 Å². The molecule has 1 N–H and O–H groups in total. The van der Waals surface area contributed by atoms with E-state index in [1.165, 1.54) is 11.1 Å². The summed E-state index contributed by atoms with van der Waals surface area (Å²) in [6.07, 6.45) is 3.03. The Balaban J connectivity index is 1.99. The highest BCUT2D eigenvalue weighted by Crippen LogP contribution is 2.63. The van der Waals surface area contributed by atoms with Crippen LogP contribution in [-0.4, -0.2) is 11.1 Å². The molecule has 84 valence electrons. The van der Waals surface area contributed by atoms with E-state index in [0.29, 0.717) is 5.92 Å². The van der Waals surface area contributed by atoms with Crippen LogP contribution in [0.5, 0.6) is 0 Å². The molecular weight excluding hydrogens is 200 g/mol. The number of rotatable bonds is 2. The van der Waals surface area contributed by atoms with E-state index in [1.807, 2.05) is 0 Å². The van der Waals surface area contributed by atoms with Gasteiger partial charge in [0, 0.05) is 5.41 Å². The van der Waals surface area contributed by atoms with Crippen molar-refractivity contribution < 1.29 is 9.90 Å². The number of aryl methyl sites for hydroxylation is 1. The summed E-state index contributed by atoms with van der Waals surface area (Å²) in [5.74, 6) is -0.108. The lowest BCUT2D eigenvalue weighted by atomic mass is 9.62. The van der Waals surface area contributed by atoms with Gasteiger partial charge in [0.05, 0.1) is 5.92 Å². The average Bonchev–Trinajstić information content (AvgIpc) is 2.73. The van der Waals surface area contributed by atoms with Crippen molar-refractivity contribution in [3.05, 3.63) is 35.4 Å². The van der Waals surface area contributed by atoms with E-state index >= 15 is 0 Å². The first-order valence-electron chi connectivity index (χ1n) is 5.92. The number of hydrogen-bond donors (Lipinski definition) is 1. The Labute approximate surface area is 95.3 Å². The number of hydrogen-bond acceptors (Lipinski definition) is 1. The van der Waals surface area contributed by atoms with Crippen molar-refractivity contribution in [2.24, 2.45) is 11.8 Å². The second-order valence-electron chi connectivity index (χ2n) is 5.42. The Bertz CT molecular complexity index is 427. The van der Waals surface area contributed by atoms with Gasteiger partial charge in [0.1, 0.15) is 0 Å². The largest absolute Gasteiger partial charge is 0.481 e. The van der Waals surface area contributed by atoms with Crippen molar-refractivity contribution in [2.75, 3.05) is 0 Å². The second kappa shape index (κ2) is 3.09. The highest BCUT2D eigenvalue weighted by atomic mass is 16.4. The molecule has 0 aliphatic heterocycles. The van der Waals surface area contributed by atoms with Crippen LogP contribution in [-0.2, 0) is 10.2 Å². The Kier molecular flexibility index (Phi) is 1.91. The number of aliphatic carboxylic acids is 1. The van der Waals surface area contributed by atoms with E-state index in [1.54, 1.807) is 0 Å². The molecule has 1 aromatic carbocycles. The maximum absolute atomic E-state index is 11.3. The topological polar surface area (TPSA) is 37.3 Å². The summed E-state index contributed by atoms with van der Waals surface area (Å²) in [6.45, 7) is 2.06. The monoisotopic (exact) mass is 216 g/mol. The molecule has 0 saturated heterocycles. The first kappa shape index (κ1) is 9.88. The molecule has 0 aromatic heterocycles. The molecule has 0 spiro atoms. The van der Waals surface area contributed by atoms with Crippen LogP contribution in [0.15, 0.2) is 24.3 Å². The van der Waals surface area contributed by atoms with E-state index < -0.39 is 5.97 Å². The van der Waals surface area contributed by atoms with Gasteiger partial charge in [-0.3, -0.25) is 4.79 Å². The van der Waals surface area contributed by atoms with Crippen LogP contribution in [0.3, 0.4) is 0 Å². The zero-order chi connectivity index (χ0) is 11.3. The SMILES string of the molecule is Cc1ccc(C23CC(CC2C(=O)O)C3)cc1. The number of fused-ring (bicyclic) bond motifs is 1. The van der Waals surface area contributed by atoms with Crippen molar-refractivity contribution >= 4 is 5.97 Å². The molecular formula is C14H16O2. The molecule has 0 radical (unpaired) electrons. The third-order valence-electron chi connectivity index (χ3n) is 4.47. The van der Waals surface area contributed by atoms with Gasteiger partial charge in [-0.25, -0.2) is 0 Å². The maximum Gasteiger partial charge on any atom is 0.307 e. The Morgan fingerprint density at radius 3 is 2.50 bits per heavy atom. The lowest BCUT2D eigenvalue weighted by molar-refractivity contribution is -0.143. The van der Waals surface area contributed by atoms with Crippen LogP contribution >= 0.6 is 0 Å². The van der Waals surface area contributed by atoms with Crippen LogP contribution in [0.25, 0.3) is 0 Å². The minimum atomic E-state index is -0.611.